The van der Waals surface area contributed by atoms with Crippen LogP contribution in [0.15, 0.2) is 42.5 Å². The van der Waals surface area contributed by atoms with Gasteiger partial charge in [0.1, 0.15) is 5.75 Å². The number of hydrogen-bond donors (Lipinski definition) is 0. The molecule has 0 radical (unpaired) electrons. The van der Waals surface area contributed by atoms with Crippen molar-refractivity contribution in [2.45, 2.75) is 44.9 Å². The van der Waals surface area contributed by atoms with E-state index in [0.29, 0.717) is 24.3 Å². The molecule has 0 spiro atoms. The van der Waals surface area contributed by atoms with E-state index in [4.69, 9.17) is 0 Å². The summed E-state index contributed by atoms with van der Waals surface area (Å²) in [7, 11) is -3.27. The first-order chi connectivity index (χ1) is 14.7. The number of rotatable bonds is 5. The van der Waals surface area contributed by atoms with E-state index >= 15 is 0 Å². The molecule has 0 bridgehead atoms. The molecule has 2 aliphatic rings. The molecule has 164 valence electrons. The van der Waals surface area contributed by atoms with Crippen molar-refractivity contribution >= 4 is 21.4 Å². The highest BCUT2D eigenvalue weighted by Gasteiger charge is 2.41. The van der Waals surface area contributed by atoms with E-state index in [1.54, 1.807) is 24.3 Å². The zero-order chi connectivity index (χ0) is 22.3. The predicted octanol–water partition coefficient (Wildman–Crippen LogP) is 4.40. The molecule has 4 rings (SSSR count). The number of halogens is 2. The molecule has 2 unspecified atom stereocenters. The Labute approximate surface area is 180 Å². The van der Waals surface area contributed by atoms with Crippen molar-refractivity contribution in [1.29, 1.82) is 5.26 Å². The second kappa shape index (κ2) is 8.00. The maximum atomic E-state index is 12.7. The van der Waals surface area contributed by atoms with Crippen LogP contribution in [0.2, 0.25) is 0 Å². The second-order valence-electron chi connectivity index (χ2n) is 7.98. The molecular weight excluding hydrogens is 424 g/mol. The molecule has 2 heterocycles. The number of nitrogens with zero attached hydrogens (tertiary/aromatic N) is 3. The fraction of sp³-hybridized carbons (Fsp3) is 0.409. The van der Waals surface area contributed by atoms with E-state index in [9.17, 15) is 22.5 Å². The van der Waals surface area contributed by atoms with Gasteiger partial charge in [0.2, 0.25) is 10.0 Å². The van der Waals surface area contributed by atoms with Crippen LogP contribution in [0.25, 0.3) is 0 Å². The average Bonchev–Trinajstić information content (AvgIpc) is 3.23. The van der Waals surface area contributed by atoms with Crippen LogP contribution < -0.4 is 13.9 Å². The Kier molecular flexibility index (Phi) is 5.52. The first-order valence-corrected chi connectivity index (χ1v) is 11.7. The Balaban J connectivity index is 1.72. The van der Waals surface area contributed by atoms with Crippen LogP contribution in [-0.4, -0.2) is 33.4 Å². The Bertz CT molecular complexity index is 1110. The lowest BCUT2D eigenvalue weighted by Crippen LogP contribution is -2.33. The van der Waals surface area contributed by atoms with Crippen molar-refractivity contribution in [3.05, 3.63) is 53.6 Å². The van der Waals surface area contributed by atoms with Gasteiger partial charge in [-0.25, -0.2) is 8.42 Å². The third-order valence-electron chi connectivity index (χ3n) is 5.77. The van der Waals surface area contributed by atoms with Gasteiger partial charge >= 0.3 is 6.61 Å². The van der Waals surface area contributed by atoms with Crippen LogP contribution in [0.3, 0.4) is 0 Å². The molecule has 0 aliphatic carbocycles. The monoisotopic (exact) mass is 447 g/mol. The molecule has 2 aromatic carbocycles. The Morgan fingerprint density at radius 1 is 1.16 bits per heavy atom. The van der Waals surface area contributed by atoms with Crippen molar-refractivity contribution in [3.63, 3.8) is 0 Å². The topological polar surface area (TPSA) is 73.6 Å². The van der Waals surface area contributed by atoms with Crippen molar-refractivity contribution in [2.24, 2.45) is 0 Å². The maximum Gasteiger partial charge on any atom is 0.387 e. The lowest BCUT2D eigenvalue weighted by molar-refractivity contribution is -0.0498. The van der Waals surface area contributed by atoms with Crippen LogP contribution >= 0.6 is 0 Å². The number of nitriles is 1. The Morgan fingerprint density at radius 3 is 2.42 bits per heavy atom. The molecule has 0 saturated carbocycles. The van der Waals surface area contributed by atoms with Gasteiger partial charge in [0, 0.05) is 24.3 Å². The quantitative estimate of drug-likeness (QED) is 0.679. The third kappa shape index (κ3) is 3.81. The van der Waals surface area contributed by atoms with Gasteiger partial charge < -0.3 is 9.64 Å². The minimum Gasteiger partial charge on any atom is -0.435 e. The first-order valence-electron chi connectivity index (χ1n) is 10.1. The summed E-state index contributed by atoms with van der Waals surface area (Å²) in [6.45, 7) is 1.48. The van der Waals surface area contributed by atoms with Crippen LogP contribution in [-0.2, 0) is 10.0 Å². The minimum atomic E-state index is -3.27. The standard InChI is InChI=1S/C22H23F2N3O3S/c1-14(2)27-20-12-17(30-22(23)24)8-9-18(20)19(13-25)21(27)15-4-6-16(7-5-15)26-10-3-11-31(26,28)29/h4-9,12,14,19,21-22H,3,10-11H2,1-2H3. The van der Waals surface area contributed by atoms with Gasteiger partial charge in [-0.15, -0.1) is 0 Å². The Hall–Kier alpha value is -2.86. The van der Waals surface area contributed by atoms with E-state index in [0.717, 1.165) is 11.1 Å². The molecule has 0 amide bonds. The van der Waals surface area contributed by atoms with E-state index in [-0.39, 0.29) is 23.6 Å². The van der Waals surface area contributed by atoms with Crippen molar-refractivity contribution in [3.8, 4) is 11.8 Å². The van der Waals surface area contributed by atoms with Crippen LogP contribution in [0.1, 0.15) is 43.4 Å². The maximum absolute atomic E-state index is 12.7. The summed E-state index contributed by atoms with van der Waals surface area (Å²) in [5.41, 5.74) is 2.91. The molecule has 31 heavy (non-hydrogen) atoms. The summed E-state index contributed by atoms with van der Waals surface area (Å²) in [5, 5.41) is 9.94. The summed E-state index contributed by atoms with van der Waals surface area (Å²) in [4.78, 5) is 2.03. The number of fused-ring (bicyclic) bond motifs is 1. The summed E-state index contributed by atoms with van der Waals surface area (Å²) in [6.07, 6.45) is 0.600. The van der Waals surface area contributed by atoms with E-state index < -0.39 is 22.6 Å². The highest BCUT2D eigenvalue weighted by Crippen LogP contribution is 2.51. The van der Waals surface area contributed by atoms with Gasteiger partial charge in [-0.05, 0) is 49.6 Å². The zero-order valence-electron chi connectivity index (χ0n) is 17.2. The fourth-order valence-electron chi connectivity index (χ4n) is 4.53. The average molecular weight is 448 g/mol. The smallest absolute Gasteiger partial charge is 0.387 e. The molecule has 2 aromatic rings. The summed E-state index contributed by atoms with van der Waals surface area (Å²) >= 11 is 0. The zero-order valence-corrected chi connectivity index (χ0v) is 18.0. The lowest BCUT2D eigenvalue weighted by Gasteiger charge is -2.33. The van der Waals surface area contributed by atoms with Crippen molar-refractivity contribution < 1.29 is 21.9 Å². The van der Waals surface area contributed by atoms with Gasteiger partial charge in [0.05, 0.1) is 29.5 Å². The number of anilines is 2. The fourth-order valence-corrected chi connectivity index (χ4v) is 6.09. The number of benzene rings is 2. The molecule has 9 heteroatoms. The minimum absolute atomic E-state index is 0.0115. The van der Waals surface area contributed by atoms with Gasteiger partial charge in [-0.2, -0.15) is 14.0 Å². The predicted molar refractivity (Wildman–Crippen MR) is 114 cm³/mol. The normalized spacial score (nSPS) is 22.1. The largest absolute Gasteiger partial charge is 0.435 e. The Morgan fingerprint density at radius 2 is 1.87 bits per heavy atom. The number of ether oxygens (including phenoxy) is 1. The molecule has 0 N–H and O–H groups in total. The molecular formula is C22H23F2N3O3S. The number of hydrogen-bond acceptors (Lipinski definition) is 5. The number of alkyl halides is 2. The van der Waals surface area contributed by atoms with Crippen molar-refractivity contribution in [2.75, 3.05) is 21.5 Å². The molecule has 1 fully saturated rings. The van der Waals surface area contributed by atoms with Gasteiger partial charge in [0.25, 0.3) is 0 Å². The number of sulfonamides is 1. The summed E-state index contributed by atoms with van der Waals surface area (Å²) in [6, 6.07) is 13.9. The molecule has 2 atom stereocenters. The van der Waals surface area contributed by atoms with Gasteiger partial charge in [-0.3, -0.25) is 4.31 Å². The molecule has 1 saturated heterocycles. The highest BCUT2D eigenvalue weighted by atomic mass is 32.2. The van der Waals surface area contributed by atoms with Gasteiger partial charge in [-0.1, -0.05) is 18.2 Å². The van der Waals surface area contributed by atoms with Crippen LogP contribution in [0, 0.1) is 11.3 Å². The molecule has 6 nitrogen and oxygen atoms in total. The third-order valence-corrected chi connectivity index (χ3v) is 7.64. The molecule has 2 aliphatic heterocycles. The van der Waals surface area contributed by atoms with E-state index in [2.05, 4.69) is 10.8 Å². The highest BCUT2D eigenvalue weighted by molar-refractivity contribution is 7.93. The van der Waals surface area contributed by atoms with Crippen molar-refractivity contribution in [1.82, 2.24) is 0 Å². The molecule has 0 aromatic heterocycles. The van der Waals surface area contributed by atoms with E-state index in [1.807, 2.05) is 30.9 Å². The van der Waals surface area contributed by atoms with Crippen LogP contribution in [0.5, 0.6) is 5.75 Å². The first kappa shape index (κ1) is 21.4. The summed E-state index contributed by atoms with van der Waals surface area (Å²) < 4.78 is 55.8. The lowest BCUT2D eigenvalue weighted by atomic mass is 9.91. The van der Waals surface area contributed by atoms with Gasteiger partial charge in [0.15, 0.2) is 0 Å². The summed E-state index contributed by atoms with van der Waals surface area (Å²) in [5.74, 6) is -0.307. The second-order valence-corrected chi connectivity index (χ2v) is 10.00. The SMILES string of the molecule is CC(C)N1c2cc(OC(F)F)ccc2C(C#N)C1c1ccc(N2CCCS2(=O)=O)cc1. The van der Waals surface area contributed by atoms with E-state index in [1.165, 1.54) is 10.4 Å². The van der Waals surface area contributed by atoms with Crippen LogP contribution in [0.4, 0.5) is 20.2 Å².